The third-order valence-electron chi connectivity index (χ3n) is 3.76. The van der Waals surface area contributed by atoms with Crippen LogP contribution in [0.1, 0.15) is 51.5 Å². The van der Waals surface area contributed by atoms with Crippen LogP contribution in [0.3, 0.4) is 0 Å². The van der Waals surface area contributed by atoms with Crippen LogP contribution >= 0.6 is 11.3 Å². The zero-order valence-electron chi connectivity index (χ0n) is 11.9. The first-order valence-electron chi connectivity index (χ1n) is 7.09. The van der Waals surface area contributed by atoms with Crippen LogP contribution in [-0.4, -0.2) is 24.1 Å². The maximum atomic E-state index is 4.64. The largest absolute Gasteiger partial charge is 0.345 e. The van der Waals surface area contributed by atoms with Crippen LogP contribution in [0.25, 0.3) is 0 Å². The number of rotatable bonds is 5. The van der Waals surface area contributed by atoms with Crippen LogP contribution in [0.2, 0.25) is 0 Å². The third-order valence-corrected chi connectivity index (χ3v) is 4.98. The maximum Gasteiger partial charge on any atom is 0.185 e. The molecule has 0 bridgehead atoms. The Kier molecular flexibility index (Phi) is 4.62. The van der Waals surface area contributed by atoms with Gasteiger partial charge in [-0.05, 0) is 32.2 Å². The van der Waals surface area contributed by atoms with E-state index in [0.29, 0.717) is 18.0 Å². The second-order valence-electron chi connectivity index (χ2n) is 5.47. The molecule has 1 aromatic heterocycles. The molecule has 1 fully saturated rings. The second kappa shape index (κ2) is 6.02. The Morgan fingerprint density at radius 1 is 1.50 bits per heavy atom. The predicted molar refractivity (Wildman–Crippen MR) is 79.4 cm³/mol. The standard InChI is InChI=1S/C14H25N3S/c1-5-15-11(4)13-9-16-14(18-13)17-8-6-7-12(17)10(2)3/h9-12,15H,5-8H2,1-4H3. The molecule has 2 heterocycles. The Hall–Kier alpha value is -0.610. The van der Waals surface area contributed by atoms with Gasteiger partial charge < -0.3 is 10.2 Å². The average Bonchev–Trinajstić information content (AvgIpc) is 2.98. The minimum Gasteiger partial charge on any atom is -0.345 e. The molecule has 2 atom stereocenters. The summed E-state index contributed by atoms with van der Waals surface area (Å²) in [4.78, 5) is 8.50. The molecule has 0 spiro atoms. The Balaban J connectivity index is 2.09. The molecule has 1 aromatic rings. The SMILES string of the molecule is CCNC(C)c1cnc(N2CCCC2C(C)C)s1. The summed E-state index contributed by atoms with van der Waals surface area (Å²) >= 11 is 1.85. The minimum atomic E-state index is 0.418. The zero-order valence-corrected chi connectivity index (χ0v) is 12.8. The molecular weight excluding hydrogens is 242 g/mol. The molecule has 2 rings (SSSR count). The van der Waals surface area contributed by atoms with Gasteiger partial charge in [-0.1, -0.05) is 20.8 Å². The lowest BCUT2D eigenvalue weighted by Gasteiger charge is -2.27. The lowest BCUT2D eigenvalue weighted by molar-refractivity contribution is 0.491. The highest BCUT2D eigenvalue weighted by Gasteiger charge is 2.29. The van der Waals surface area contributed by atoms with Gasteiger partial charge in [-0.2, -0.15) is 0 Å². The van der Waals surface area contributed by atoms with Crippen LogP contribution < -0.4 is 10.2 Å². The smallest absolute Gasteiger partial charge is 0.185 e. The van der Waals surface area contributed by atoms with Crippen molar-refractivity contribution in [3.8, 4) is 0 Å². The van der Waals surface area contributed by atoms with Gasteiger partial charge in [-0.25, -0.2) is 4.98 Å². The number of hydrogen-bond donors (Lipinski definition) is 1. The summed E-state index contributed by atoms with van der Waals surface area (Å²) in [6.07, 6.45) is 4.67. The first kappa shape index (κ1) is 13.8. The highest BCUT2D eigenvalue weighted by Crippen LogP contribution is 2.34. The number of aromatic nitrogens is 1. The fourth-order valence-corrected chi connectivity index (χ4v) is 3.77. The van der Waals surface area contributed by atoms with Crippen molar-refractivity contribution >= 4 is 16.5 Å². The molecule has 0 amide bonds. The molecule has 102 valence electrons. The van der Waals surface area contributed by atoms with Gasteiger partial charge in [0.25, 0.3) is 0 Å². The van der Waals surface area contributed by atoms with E-state index in [2.05, 4.69) is 42.9 Å². The van der Waals surface area contributed by atoms with Crippen LogP contribution in [0.15, 0.2) is 6.20 Å². The Morgan fingerprint density at radius 2 is 2.28 bits per heavy atom. The predicted octanol–water partition coefficient (Wildman–Crippen LogP) is 3.44. The number of nitrogens with one attached hydrogen (secondary N) is 1. The van der Waals surface area contributed by atoms with Crippen LogP contribution in [-0.2, 0) is 0 Å². The van der Waals surface area contributed by atoms with Gasteiger partial charge in [-0.15, -0.1) is 11.3 Å². The van der Waals surface area contributed by atoms with Crippen molar-refractivity contribution in [3.05, 3.63) is 11.1 Å². The van der Waals surface area contributed by atoms with Crippen LogP contribution in [0, 0.1) is 5.92 Å². The number of thiazole rings is 1. The number of hydrogen-bond acceptors (Lipinski definition) is 4. The van der Waals surface area contributed by atoms with Crippen molar-refractivity contribution in [3.63, 3.8) is 0 Å². The molecule has 0 aromatic carbocycles. The summed E-state index contributed by atoms with van der Waals surface area (Å²) in [5.41, 5.74) is 0. The van der Waals surface area contributed by atoms with Gasteiger partial charge in [0.05, 0.1) is 0 Å². The summed E-state index contributed by atoms with van der Waals surface area (Å²) in [6, 6.07) is 1.10. The molecular formula is C14H25N3S. The van der Waals surface area contributed by atoms with Gasteiger partial charge in [0, 0.05) is 29.7 Å². The quantitative estimate of drug-likeness (QED) is 0.886. The summed E-state index contributed by atoms with van der Waals surface area (Å²) < 4.78 is 0. The lowest BCUT2D eigenvalue weighted by atomic mass is 10.0. The van der Waals surface area contributed by atoms with Crippen LogP contribution in [0.4, 0.5) is 5.13 Å². The maximum absolute atomic E-state index is 4.64. The number of anilines is 1. The normalized spacial score (nSPS) is 21.8. The van der Waals surface area contributed by atoms with E-state index < -0.39 is 0 Å². The average molecular weight is 267 g/mol. The van der Waals surface area contributed by atoms with Crippen molar-refractivity contribution in [2.45, 2.75) is 52.6 Å². The van der Waals surface area contributed by atoms with Gasteiger partial charge in [0.1, 0.15) is 0 Å². The van der Waals surface area contributed by atoms with Gasteiger partial charge >= 0.3 is 0 Å². The summed E-state index contributed by atoms with van der Waals surface area (Å²) in [5.74, 6) is 0.714. The first-order chi connectivity index (χ1) is 8.63. The Morgan fingerprint density at radius 3 is 2.94 bits per heavy atom. The van der Waals surface area contributed by atoms with Gasteiger partial charge in [0.15, 0.2) is 5.13 Å². The van der Waals surface area contributed by atoms with E-state index in [-0.39, 0.29) is 0 Å². The summed E-state index contributed by atoms with van der Waals surface area (Å²) in [6.45, 7) is 11.2. The molecule has 0 saturated carbocycles. The van der Waals surface area contributed by atoms with E-state index in [0.717, 1.165) is 6.54 Å². The van der Waals surface area contributed by atoms with E-state index in [1.54, 1.807) is 0 Å². The highest BCUT2D eigenvalue weighted by atomic mass is 32.1. The molecule has 3 nitrogen and oxygen atoms in total. The van der Waals surface area contributed by atoms with Gasteiger partial charge in [0.2, 0.25) is 0 Å². The van der Waals surface area contributed by atoms with Crippen molar-refractivity contribution in [1.82, 2.24) is 10.3 Å². The number of nitrogens with zero attached hydrogens (tertiary/aromatic N) is 2. The van der Waals surface area contributed by atoms with E-state index >= 15 is 0 Å². The molecule has 4 heteroatoms. The molecule has 1 saturated heterocycles. The minimum absolute atomic E-state index is 0.418. The third kappa shape index (κ3) is 2.86. The Labute approximate surface area is 115 Å². The van der Waals surface area contributed by atoms with Gasteiger partial charge in [-0.3, -0.25) is 0 Å². The molecule has 2 unspecified atom stereocenters. The van der Waals surface area contributed by atoms with E-state index in [9.17, 15) is 0 Å². The van der Waals surface area contributed by atoms with E-state index in [4.69, 9.17) is 0 Å². The topological polar surface area (TPSA) is 28.2 Å². The fraction of sp³-hybridized carbons (Fsp3) is 0.786. The van der Waals surface area contributed by atoms with E-state index in [1.165, 1.54) is 29.4 Å². The Bertz CT molecular complexity index is 375. The molecule has 18 heavy (non-hydrogen) atoms. The van der Waals surface area contributed by atoms with Crippen LogP contribution in [0.5, 0.6) is 0 Å². The molecule has 1 aliphatic rings. The van der Waals surface area contributed by atoms with Crippen molar-refractivity contribution in [1.29, 1.82) is 0 Å². The fourth-order valence-electron chi connectivity index (χ4n) is 2.74. The van der Waals surface area contributed by atoms with E-state index in [1.807, 2.05) is 17.5 Å². The second-order valence-corrected chi connectivity index (χ2v) is 6.51. The summed E-state index contributed by atoms with van der Waals surface area (Å²) in [5, 5.41) is 4.67. The van der Waals surface area contributed by atoms with Crippen molar-refractivity contribution in [2.75, 3.05) is 18.0 Å². The lowest BCUT2D eigenvalue weighted by Crippen LogP contribution is -2.33. The zero-order chi connectivity index (χ0) is 13.1. The monoisotopic (exact) mass is 267 g/mol. The first-order valence-corrected chi connectivity index (χ1v) is 7.90. The van der Waals surface area contributed by atoms with Crippen molar-refractivity contribution < 1.29 is 0 Å². The highest BCUT2D eigenvalue weighted by molar-refractivity contribution is 7.15. The molecule has 1 N–H and O–H groups in total. The van der Waals surface area contributed by atoms with Crippen molar-refractivity contribution in [2.24, 2.45) is 5.92 Å². The molecule has 0 aliphatic carbocycles. The summed E-state index contributed by atoms with van der Waals surface area (Å²) in [7, 11) is 0. The molecule has 1 aliphatic heterocycles. The molecule has 0 radical (unpaired) electrons.